The van der Waals surface area contributed by atoms with Crippen molar-refractivity contribution in [3.63, 3.8) is 0 Å². The van der Waals surface area contributed by atoms with Crippen LogP contribution in [0.1, 0.15) is 33.1 Å². The summed E-state index contributed by atoms with van der Waals surface area (Å²) in [7, 11) is -2.33. The Morgan fingerprint density at radius 3 is 2.59 bits per heavy atom. The zero-order valence-electron chi connectivity index (χ0n) is 10.6. The lowest BCUT2D eigenvalue weighted by atomic mass is 9.73. The van der Waals surface area contributed by atoms with Crippen molar-refractivity contribution in [1.82, 2.24) is 0 Å². The molecule has 100 valence electrons. The number of esters is 1. The Morgan fingerprint density at radius 1 is 1.47 bits per heavy atom. The van der Waals surface area contributed by atoms with E-state index in [2.05, 4.69) is 4.74 Å². The third-order valence-corrected chi connectivity index (χ3v) is 5.71. The molecular weight excluding hydrogens is 242 g/mol. The molecule has 1 rings (SSSR count). The minimum Gasteiger partial charge on any atom is -0.468 e. The molecule has 1 aliphatic carbocycles. The van der Waals surface area contributed by atoms with Crippen LogP contribution in [0, 0.1) is 5.41 Å². The fourth-order valence-electron chi connectivity index (χ4n) is 2.34. The van der Waals surface area contributed by atoms with E-state index in [1.54, 1.807) is 0 Å². The topological polar surface area (TPSA) is 86.5 Å². The molecule has 5 nitrogen and oxygen atoms in total. The maximum atomic E-state index is 12.1. The number of hydrogen-bond acceptors (Lipinski definition) is 5. The van der Waals surface area contributed by atoms with Crippen LogP contribution in [0.25, 0.3) is 0 Å². The van der Waals surface area contributed by atoms with Gasteiger partial charge in [-0.1, -0.05) is 20.3 Å². The highest BCUT2D eigenvalue weighted by Crippen LogP contribution is 2.37. The predicted octanol–water partition coefficient (Wildman–Crippen LogP) is 0.480. The first-order valence-electron chi connectivity index (χ1n) is 5.74. The van der Waals surface area contributed by atoms with Gasteiger partial charge in [0.2, 0.25) is 0 Å². The Balaban J connectivity index is 2.88. The molecule has 1 saturated carbocycles. The van der Waals surface area contributed by atoms with E-state index in [-0.39, 0.29) is 5.41 Å². The van der Waals surface area contributed by atoms with E-state index >= 15 is 0 Å². The van der Waals surface area contributed by atoms with E-state index in [0.29, 0.717) is 6.42 Å². The summed E-state index contributed by atoms with van der Waals surface area (Å²) in [6, 6.07) is -0.425. The van der Waals surface area contributed by atoms with Crippen LogP contribution in [0.5, 0.6) is 0 Å². The number of carbonyl (C=O) groups is 1. The van der Waals surface area contributed by atoms with E-state index in [1.165, 1.54) is 7.11 Å². The summed E-state index contributed by atoms with van der Waals surface area (Å²) in [6.45, 7) is 3.94. The monoisotopic (exact) mass is 263 g/mol. The van der Waals surface area contributed by atoms with Gasteiger partial charge < -0.3 is 10.5 Å². The second kappa shape index (κ2) is 4.94. The zero-order chi connectivity index (χ0) is 13.3. The molecule has 0 aromatic carbocycles. The number of hydrogen-bond donors (Lipinski definition) is 1. The lowest BCUT2D eigenvalue weighted by molar-refractivity contribution is -0.137. The number of ether oxygens (including phenoxy) is 1. The van der Waals surface area contributed by atoms with Crippen molar-refractivity contribution in [2.75, 3.05) is 12.9 Å². The first-order chi connectivity index (χ1) is 7.70. The highest BCUT2D eigenvalue weighted by atomic mass is 32.2. The number of carbonyl (C=O) groups excluding carboxylic acids is 1. The molecule has 2 atom stereocenters. The van der Waals surface area contributed by atoms with Gasteiger partial charge in [0.1, 0.15) is 5.75 Å². The van der Waals surface area contributed by atoms with Gasteiger partial charge in [-0.05, 0) is 18.3 Å². The quantitative estimate of drug-likeness (QED) is 0.748. The van der Waals surface area contributed by atoms with Gasteiger partial charge in [0, 0.05) is 6.04 Å². The second-order valence-corrected chi connectivity index (χ2v) is 7.55. The molecular formula is C11H21NO4S. The van der Waals surface area contributed by atoms with Gasteiger partial charge in [0.05, 0.1) is 12.4 Å². The lowest BCUT2D eigenvalue weighted by Gasteiger charge is -2.41. The molecule has 17 heavy (non-hydrogen) atoms. The summed E-state index contributed by atoms with van der Waals surface area (Å²) < 4.78 is 28.5. The van der Waals surface area contributed by atoms with Crippen molar-refractivity contribution >= 4 is 15.8 Å². The van der Waals surface area contributed by atoms with E-state index in [1.807, 2.05) is 13.8 Å². The fraction of sp³-hybridized carbons (Fsp3) is 0.909. The van der Waals surface area contributed by atoms with E-state index in [0.717, 1.165) is 12.8 Å². The Bertz CT molecular complexity index is 388. The molecule has 0 saturated heterocycles. The summed E-state index contributed by atoms with van der Waals surface area (Å²) in [6.07, 6.45) is 2.27. The van der Waals surface area contributed by atoms with Crippen LogP contribution in [0.15, 0.2) is 0 Å². The fourth-order valence-corrected chi connectivity index (χ4v) is 4.34. The van der Waals surface area contributed by atoms with Crippen molar-refractivity contribution < 1.29 is 17.9 Å². The second-order valence-electron chi connectivity index (χ2n) is 5.33. The normalized spacial score (nSPS) is 28.7. The Hall–Kier alpha value is -0.620. The standard InChI is InChI=1S/C11H21NO4S/c1-11(2)6-4-5-8(10(11)12)17(14,15)7-9(13)16-3/h8,10H,4-7,12H2,1-3H3. The first kappa shape index (κ1) is 14.4. The van der Waals surface area contributed by atoms with Gasteiger partial charge in [-0.2, -0.15) is 0 Å². The van der Waals surface area contributed by atoms with Crippen molar-refractivity contribution in [2.24, 2.45) is 11.1 Å². The molecule has 1 aliphatic rings. The highest BCUT2D eigenvalue weighted by molar-refractivity contribution is 7.92. The van der Waals surface area contributed by atoms with Crippen molar-refractivity contribution in [3.8, 4) is 0 Å². The third-order valence-electron chi connectivity index (χ3n) is 3.62. The van der Waals surface area contributed by atoms with Crippen LogP contribution in [-0.2, 0) is 19.4 Å². The molecule has 2 unspecified atom stereocenters. The summed E-state index contributed by atoms with van der Waals surface area (Å²) in [5.41, 5.74) is 5.83. The van der Waals surface area contributed by atoms with E-state index in [4.69, 9.17) is 5.73 Å². The lowest BCUT2D eigenvalue weighted by Crippen LogP contribution is -2.53. The van der Waals surface area contributed by atoms with Crippen LogP contribution in [0.3, 0.4) is 0 Å². The number of methoxy groups -OCH3 is 1. The maximum Gasteiger partial charge on any atom is 0.320 e. The van der Waals surface area contributed by atoms with Crippen LogP contribution in [0.4, 0.5) is 0 Å². The first-order valence-corrected chi connectivity index (χ1v) is 7.46. The molecule has 0 spiro atoms. The Kier molecular flexibility index (Phi) is 4.19. The van der Waals surface area contributed by atoms with Crippen molar-refractivity contribution in [3.05, 3.63) is 0 Å². The minimum absolute atomic E-state index is 0.202. The van der Waals surface area contributed by atoms with Crippen LogP contribution < -0.4 is 5.73 Å². The predicted molar refractivity (Wildman–Crippen MR) is 65.2 cm³/mol. The van der Waals surface area contributed by atoms with Gasteiger partial charge in [-0.25, -0.2) is 8.42 Å². The van der Waals surface area contributed by atoms with E-state index < -0.39 is 32.9 Å². The van der Waals surface area contributed by atoms with Crippen LogP contribution in [-0.4, -0.2) is 38.5 Å². The average Bonchev–Trinajstić information content (AvgIpc) is 2.21. The summed E-state index contributed by atoms with van der Waals surface area (Å²) in [5, 5.41) is -0.634. The van der Waals surface area contributed by atoms with Crippen LogP contribution in [0.2, 0.25) is 0 Å². The molecule has 1 fully saturated rings. The van der Waals surface area contributed by atoms with Crippen LogP contribution >= 0.6 is 0 Å². The van der Waals surface area contributed by atoms with Gasteiger partial charge >= 0.3 is 5.97 Å². The summed E-state index contributed by atoms with van der Waals surface area (Å²) in [5.74, 6) is -1.29. The average molecular weight is 263 g/mol. The smallest absolute Gasteiger partial charge is 0.320 e. The van der Waals surface area contributed by atoms with Gasteiger partial charge in [0.15, 0.2) is 9.84 Å². The van der Waals surface area contributed by atoms with E-state index in [9.17, 15) is 13.2 Å². The highest BCUT2D eigenvalue weighted by Gasteiger charge is 2.43. The Labute approximate surface area is 103 Å². The minimum atomic E-state index is -3.51. The molecule has 2 N–H and O–H groups in total. The molecule has 0 aliphatic heterocycles. The summed E-state index contributed by atoms with van der Waals surface area (Å²) >= 11 is 0. The summed E-state index contributed by atoms with van der Waals surface area (Å²) in [4.78, 5) is 11.1. The molecule has 0 aromatic rings. The number of nitrogens with two attached hydrogens (primary N) is 1. The molecule has 6 heteroatoms. The molecule has 0 amide bonds. The molecule has 0 aromatic heterocycles. The largest absolute Gasteiger partial charge is 0.468 e. The molecule has 0 radical (unpaired) electrons. The zero-order valence-corrected chi connectivity index (χ0v) is 11.4. The number of sulfone groups is 1. The number of rotatable bonds is 3. The third kappa shape index (κ3) is 3.19. The maximum absolute atomic E-state index is 12.1. The SMILES string of the molecule is COC(=O)CS(=O)(=O)C1CCCC(C)(C)C1N. The van der Waals surface area contributed by atoms with Gasteiger partial charge in [-0.15, -0.1) is 0 Å². The van der Waals surface area contributed by atoms with Crippen molar-refractivity contribution in [2.45, 2.75) is 44.4 Å². The van der Waals surface area contributed by atoms with Crippen molar-refractivity contribution in [1.29, 1.82) is 0 Å². The molecule has 0 bridgehead atoms. The Morgan fingerprint density at radius 2 is 2.06 bits per heavy atom. The van der Waals surface area contributed by atoms with Gasteiger partial charge in [-0.3, -0.25) is 4.79 Å². The van der Waals surface area contributed by atoms with Gasteiger partial charge in [0.25, 0.3) is 0 Å². The molecule has 0 heterocycles.